The third kappa shape index (κ3) is 1.92. The zero-order chi connectivity index (χ0) is 10.2. The molecule has 0 heterocycles. The third-order valence-electron chi connectivity index (χ3n) is 1.36. The molecule has 0 aliphatic rings. The highest BCUT2D eigenvalue weighted by atomic mass is 35.5. The molecule has 0 saturated heterocycles. The van der Waals surface area contributed by atoms with Crippen LogP contribution in [-0.4, -0.2) is 5.11 Å². The molecule has 0 atom stereocenters. The fraction of sp³-hybridized carbons (Fsp3) is 0.143. The monoisotopic (exact) mass is 214 g/mol. The topological polar surface area (TPSA) is 20.2 Å². The summed E-state index contributed by atoms with van der Waals surface area (Å²) in [6.45, 7) is 0. The Balaban J connectivity index is 3.35. The first-order chi connectivity index (χ1) is 5.84. The van der Waals surface area contributed by atoms with Gasteiger partial charge in [-0.25, -0.2) is 8.78 Å². The van der Waals surface area contributed by atoms with Crippen molar-refractivity contribution in [1.82, 2.24) is 0 Å². The van der Waals surface area contributed by atoms with Crippen LogP contribution in [0, 0.1) is 11.6 Å². The van der Waals surface area contributed by atoms with E-state index in [0.717, 1.165) is 0 Å². The summed E-state index contributed by atoms with van der Waals surface area (Å²) in [5.74, 6) is -2.82. The van der Waals surface area contributed by atoms with Crippen LogP contribution in [0.25, 0.3) is 0 Å². The molecule has 0 aromatic heterocycles. The summed E-state index contributed by atoms with van der Waals surface area (Å²) in [6, 6.07) is 0.974. The van der Waals surface area contributed by atoms with Crippen LogP contribution in [0.2, 0.25) is 5.02 Å². The van der Waals surface area contributed by atoms with Gasteiger partial charge in [0.15, 0.2) is 5.82 Å². The van der Waals surface area contributed by atoms with Crippen LogP contribution in [-0.2, 0) is 6.11 Å². The van der Waals surface area contributed by atoms with Crippen molar-refractivity contribution in [3.8, 4) is 0 Å². The number of aliphatic hydroxyl groups is 1. The predicted molar refractivity (Wildman–Crippen MR) is 37.5 cm³/mol. The summed E-state index contributed by atoms with van der Waals surface area (Å²) in [5, 5.41) is 7.07. The Bertz CT molecular complexity index is 334. The molecule has 72 valence electrons. The van der Waals surface area contributed by atoms with E-state index in [4.69, 9.17) is 16.7 Å². The van der Waals surface area contributed by atoms with Crippen molar-refractivity contribution in [2.45, 2.75) is 6.11 Å². The molecule has 0 aliphatic carbocycles. The van der Waals surface area contributed by atoms with Crippen LogP contribution in [0.3, 0.4) is 0 Å². The molecule has 0 aliphatic heterocycles. The van der Waals surface area contributed by atoms with Gasteiger partial charge in [-0.2, -0.15) is 8.78 Å². The Morgan fingerprint density at radius 2 is 1.77 bits per heavy atom. The number of hydrogen-bond acceptors (Lipinski definition) is 1. The van der Waals surface area contributed by atoms with Crippen LogP contribution < -0.4 is 0 Å². The van der Waals surface area contributed by atoms with E-state index in [9.17, 15) is 17.6 Å². The summed E-state index contributed by atoms with van der Waals surface area (Å²) >= 11 is 4.99. The quantitative estimate of drug-likeness (QED) is 0.563. The van der Waals surface area contributed by atoms with Gasteiger partial charge in [0.2, 0.25) is 0 Å². The predicted octanol–water partition coefficient (Wildman–Crippen LogP) is 2.66. The van der Waals surface area contributed by atoms with Gasteiger partial charge in [0.25, 0.3) is 0 Å². The Hall–Kier alpha value is -0.810. The van der Waals surface area contributed by atoms with Gasteiger partial charge in [0.05, 0.1) is 5.56 Å². The van der Waals surface area contributed by atoms with Gasteiger partial charge in [-0.3, -0.25) is 0 Å². The van der Waals surface area contributed by atoms with Crippen LogP contribution >= 0.6 is 11.6 Å². The van der Waals surface area contributed by atoms with Crippen molar-refractivity contribution >= 4 is 11.6 Å². The molecule has 13 heavy (non-hydrogen) atoms. The molecule has 0 radical (unpaired) electrons. The molecule has 1 N–H and O–H groups in total. The number of rotatable bonds is 1. The van der Waals surface area contributed by atoms with Crippen molar-refractivity contribution in [3.05, 3.63) is 34.4 Å². The van der Waals surface area contributed by atoms with Crippen LogP contribution in [0.4, 0.5) is 17.6 Å². The van der Waals surface area contributed by atoms with Gasteiger partial charge < -0.3 is 5.11 Å². The first-order valence-electron chi connectivity index (χ1n) is 3.08. The molecule has 1 aromatic carbocycles. The van der Waals surface area contributed by atoms with E-state index in [1.807, 2.05) is 0 Å². The Labute approximate surface area is 75.6 Å². The van der Waals surface area contributed by atoms with E-state index in [1.165, 1.54) is 0 Å². The Morgan fingerprint density at radius 3 is 2.23 bits per heavy atom. The minimum Gasteiger partial charge on any atom is -0.332 e. The van der Waals surface area contributed by atoms with Crippen molar-refractivity contribution in [3.63, 3.8) is 0 Å². The van der Waals surface area contributed by atoms with Crippen molar-refractivity contribution in [2.75, 3.05) is 0 Å². The van der Waals surface area contributed by atoms with E-state index in [-0.39, 0.29) is 0 Å². The van der Waals surface area contributed by atoms with Crippen LogP contribution in [0.1, 0.15) is 5.56 Å². The second kappa shape index (κ2) is 3.16. The summed E-state index contributed by atoms with van der Waals surface area (Å²) < 4.78 is 49.5. The molecule has 6 heteroatoms. The summed E-state index contributed by atoms with van der Waals surface area (Å²) in [5.41, 5.74) is -1.35. The summed E-state index contributed by atoms with van der Waals surface area (Å²) in [6.07, 6.45) is -4.36. The molecule has 1 nitrogen and oxygen atoms in total. The molecule has 1 aromatic rings. The molecular formula is C7H3ClF4O. The average Bonchev–Trinajstić information content (AvgIpc) is 1.98. The fourth-order valence-electron chi connectivity index (χ4n) is 0.758. The lowest BCUT2D eigenvalue weighted by Crippen LogP contribution is -2.14. The van der Waals surface area contributed by atoms with Crippen LogP contribution in [0.15, 0.2) is 12.1 Å². The number of hydrogen-bond donors (Lipinski definition) is 1. The second-order valence-corrected chi connectivity index (χ2v) is 2.64. The molecule has 0 spiro atoms. The zero-order valence-corrected chi connectivity index (χ0v) is 6.75. The lowest BCUT2D eigenvalue weighted by molar-refractivity contribution is -0.210. The fourth-order valence-corrected chi connectivity index (χ4v) is 0.923. The van der Waals surface area contributed by atoms with Gasteiger partial charge in [-0.1, -0.05) is 11.6 Å². The molecule has 0 unspecified atom stereocenters. The second-order valence-electron chi connectivity index (χ2n) is 2.26. The third-order valence-corrected chi connectivity index (χ3v) is 1.71. The molecule has 0 saturated carbocycles. The van der Waals surface area contributed by atoms with Gasteiger partial charge >= 0.3 is 6.11 Å². The minimum absolute atomic E-state index is 0.427. The Morgan fingerprint density at radius 1 is 1.23 bits per heavy atom. The molecule has 1 rings (SSSR count). The van der Waals surface area contributed by atoms with E-state index >= 15 is 0 Å². The van der Waals surface area contributed by atoms with E-state index in [0.29, 0.717) is 12.1 Å². The van der Waals surface area contributed by atoms with Gasteiger partial charge in [0.1, 0.15) is 10.8 Å². The van der Waals surface area contributed by atoms with E-state index in [1.54, 1.807) is 0 Å². The first kappa shape index (κ1) is 10.3. The number of benzene rings is 1. The largest absolute Gasteiger partial charge is 0.383 e. The average molecular weight is 215 g/mol. The summed E-state index contributed by atoms with van der Waals surface area (Å²) in [7, 11) is 0. The maximum Gasteiger partial charge on any atom is 0.383 e. The van der Waals surface area contributed by atoms with E-state index < -0.39 is 28.3 Å². The van der Waals surface area contributed by atoms with Crippen molar-refractivity contribution in [1.29, 1.82) is 0 Å². The molecular weight excluding hydrogens is 212 g/mol. The van der Waals surface area contributed by atoms with Crippen molar-refractivity contribution in [2.24, 2.45) is 0 Å². The van der Waals surface area contributed by atoms with Crippen LogP contribution in [0.5, 0.6) is 0 Å². The van der Waals surface area contributed by atoms with E-state index in [2.05, 4.69) is 0 Å². The lowest BCUT2D eigenvalue weighted by Gasteiger charge is -2.10. The summed E-state index contributed by atoms with van der Waals surface area (Å²) in [4.78, 5) is 0. The maximum atomic E-state index is 12.7. The highest BCUT2D eigenvalue weighted by molar-refractivity contribution is 6.30. The molecule has 0 fully saturated rings. The maximum absolute atomic E-state index is 12.7. The van der Waals surface area contributed by atoms with Gasteiger partial charge in [-0.05, 0) is 12.1 Å². The lowest BCUT2D eigenvalue weighted by atomic mass is 10.2. The molecule has 0 bridgehead atoms. The highest BCUT2D eigenvalue weighted by Crippen LogP contribution is 2.31. The highest BCUT2D eigenvalue weighted by Gasteiger charge is 2.33. The molecule has 0 amide bonds. The minimum atomic E-state index is -4.36. The number of halogens is 5. The van der Waals surface area contributed by atoms with Gasteiger partial charge in [-0.15, -0.1) is 0 Å². The van der Waals surface area contributed by atoms with Gasteiger partial charge in [0, 0.05) is 0 Å². The SMILES string of the molecule is OC(F)(F)c1ccc(F)c(Cl)c1F. The first-order valence-corrected chi connectivity index (χ1v) is 3.46. The number of alkyl halides is 2. The normalized spacial score (nSPS) is 11.8. The van der Waals surface area contributed by atoms with Crippen molar-refractivity contribution < 1.29 is 22.7 Å². The Kier molecular flexibility index (Phi) is 2.49. The zero-order valence-electron chi connectivity index (χ0n) is 5.99. The smallest absolute Gasteiger partial charge is 0.332 e. The standard InChI is InChI=1S/C7H3ClF4O/c8-5-4(9)2-1-3(6(5)10)7(11,12)13/h1-2,13H.